The maximum Gasteiger partial charge on any atom is 0.268 e. The van der Waals surface area contributed by atoms with Gasteiger partial charge in [0.05, 0.1) is 23.1 Å². The number of nitrogens with zero attached hydrogens (tertiary/aromatic N) is 1. The molecule has 1 fully saturated rings. The summed E-state index contributed by atoms with van der Waals surface area (Å²) in [5, 5.41) is 1.92. The molecule has 0 radical (unpaired) electrons. The normalized spacial score (nSPS) is 20.8. The first-order valence-corrected chi connectivity index (χ1v) is 9.92. The van der Waals surface area contributed by atoms with Crippen LogP contribution in [0.3, 0.4) is 0 Å². The molecule has 4 nitrogen and oxygen atoms in total. The molecule has 6 heteroatoms. The Bertz CT molecular complexity index is 808. The van der Waals surface area contributed by atoms with Gasteiger partial charge in [-0.15, -0.1) is 11.3 Å². The minimum absolute atomic E-state index is 0.0430. The molecule has 2 aromatic rings. The summed E-state index contributed by atoms with van der Waals surface area (Å²) in [4.78, 5) is 29.6. The lowest BCUT2D eigenvalue weighted by atomic mass is 10.2. The molecule has 128 valence electrons. The molecule has 0 aliphatic carbocycles. The fraction of sp³-hybridized carbons (Fsp3) is 0.263. The van der Waals surface area contributed by atoms with Gasteiger partial charge < -0.3 is 4.74 Å². The van der Waals surface area contributed by atoms with Crippen LogP contribution >= 0.6 is 23.1 Å². The van der Waals surface area contributed by atoms with Crippen molar-refractivity contribution < 1.29 is 14.3 Å². The number of thioether (sulfide) groups is 1. The first-order chi connectivity index (χ1) is 12.2. The lowest BCUT2D eigenvalue weighted by Crippen LogP contribution is -2.37. The topological polar surface area (TPSA) is 46.6 Å². The molecule has 25 heavy (non-hydrogen) atoms. The first-order valence-electron chi connectivity index (χ1n) is 8.23. The van der Waals surface area contributed by atoms with Gasteiger partial charge in [0.25, 0.3) is 11.8 Å². The molecular formula is C19H17NO3S2. The average molecular weight is 371 g/mol. The van der Waals surface area contributed by atoms with Gasteiger partial charge in [-0.3, -0.25) is 14.5 Å². The minimum atomic E-state index is -0.210. The highest BCUT2D eigenvalue weighted by Crippen LogP contribution is 2.41. The average Bonchev–Trinajstić information content (AvgIpc) is 3.36. The predicted molar refractivity (Wildman–Crippen MR) is 99.2 cm³/mol. The van der Waals surface area contributed by atoms with Crippen molar-refractivity contribution in [2.75, 3.05) is 13.2 Å². The van der Waals surface area contributed by atoms with Crippen LogP contribution in [0.1, 0.15) is 17.7 Å². The summed E-state index contributed by atoms with van der Waals surface area (Å²) < 4.78 is 5.62. The van der Waals surface area contributed by atoms with E-state index in [2.05, 4.69) is 0 Å². The second-order valence-electron chi connectivity index (χ2n) is 5.95. The van der Waals surface area contributed by atoms with Crippen molar-refractivity contribution in [1.29, 1.82) is 0 Å². The Balaban J connectivity index is 1.67. The van der Waals surface area contributed by atoms with Crippen LogP contribution in [0.2, 0.25) is 0 Å². The number of amides is 2. The summed E-state index contributed by atoms with van der Waals surface area (Å²) in [7, 11) is 0. The third-order valence-corrected chi connectivity index (χ3v) is 6.24. The van der Waals surface area contributed by atoms with Gasteiger partial charge in [-0.05, 0) is 36.4 Å². The fourth-order valence-electron chi connectivity index (χ4n) is 3.05. The van der Waals surface area contributed by atoms with E-state index < -0.39 is 0 Å². The molecule has 1 saturated heterocycles. The maximum absolute atomic E-state index is 13.0. The number of imide groups is 1. The highest BCUT2D eigenvalue weighted by molar-refractivity contribution is 8.04. The zero-order valence-corrected chi connectivity index (χ0v) is 15.1. The van der Waals surface area contributed by atoms with Crippen LogP contribution < -0.4 is 0 Å². The minimum Gasteiger partial charge on any atom is -0.376 e. The van der Waals surface area contributed by atoms with Gasteiger partial charge in [-0.1, -0.05) is 36.0 Å². The van der Waals surface area contributed by atoms with Crippen LogP contribution in [-0.4, -0.2) is 36.0 Å². The van der Waals surface area contributed by atoms with E-state index in [9.17, 15) is 9.59 Å². The van der Waals surface area contributed by atoms with Crippen LogP contribution in [0, 0.1) is 0 Å². The second kappa shape index (κ2) is 7.15. The van der Waals surface area contributed by atoms with Gasteiger partial charge in [-0.2, -0.15) is 0 Å². The quantitative estimate of drug-likeness (QED) is 0.750. The van der Waals surface area contributed by atoms with E-state index in [-0.39, 0.29) is 17.9 Å². The van der Waals surface area contributed by atoms with E-state index >= 15 is 0 Å². The molecule has 3 heterocycles. The Hall–Kier alpha value is -1.89. The number of hydrogen-bond acceptors (Lipinski definition) is 5. The van der Waals surface area contributed by atoms with Crippen molar-refractivity contribution in [1.82, 2.24) is 4.90 Å². The molecule has 1 aromatic heterocycles. The Morgan fingerprint density at radius 2 is 1.96 bits per heavy atom. The van der Waals surface area contributed by atoms with Gasteiger partial charge in [0.15, 0.2) is 0 Å². The highest BCUT2D eigenvalue weighted by Gasteiger charge is 2.41. The molecule has 0 bridgehead atoms. The van der Waals surface area contributed by atoms with Crippen molar-refractivity contribution in [3.8, 4) is 0 Å². The van der Waals surface area contributed by atoms with Crippen LogP contribution in [0.25, 0.3) is 5.57 Å². The van der Waals surface area contributed by atoms with E-state index in [1.807, 2.05) is 47.8 Å². The predicted octanol–water partition coefficient (Wildman–Crippen LogP) is 3.80. The van der Waals surface area contributed by atoms with Gasteiger partial charge in [0.1, 0.15) is 0 Å². The van der Waals surface area contributed by atoms with Crippen molar-refractivity contribution in [3.63, 3.8) is 0 Å². The zero-order valence-electron chi connectivity index (χ0n) is 13.5. The molecule has 1 unspecified atom stereocenters. The number of ether oxygens (including phenoxy) is 1. The standard InChI is InChI=1S/C19H17NO3S2/c21-18-16(15-9-5-11-24-15)17(25-14-7-2-1-3-8-14)19(22)20(18)12-13-6-4-10-23-13/h1-3,5,7-9,11,13H,4,6,10,12H2. The van der Waals surface area contributed by atoms with Gasteiger partial charge >= 0.3 is 0 Å². The number of thiophene rings is 1. The van der Waals surface area contributed by atoms with E-state index in [4.69, 9.17) is 4.74 Å². The van der Waals surface area contributed by atoms with Crippen molar-refractivity contribution in [2.45, 2.75) is 23.8 Å². The van der Waals surface area contributed by atoms with Gasteiger partial charge in [-0.25, -0.2) is 0 Å². The molecule has 4 rings (SSSR count). The third kappa shape index (κ3) is 3.29. The largest absolute Gasteiger partial charge is 0.376 e. The molecule has 0 saturated carbocycles. The van der Waals surface area contributed by atoms with Gasteiger partial charge in [0.2, 0.25) is 0 Å². The highest BCUT2D eigenvalue weighted by atomic mass is 32.2. The Morgan fingerprint density at radius 3 is 2.64 bits per heavy atom. The summed E-state index contributed by atoms with van der Waals surface area (Å²) in [6, 6.07) is 13.5. The molecule has 2 aliphatic rings. The van der Waals surface area contributed by atoms with Gasteiger partial charge in [0, 0.05) is 16.4 Å². The van der Waals surface area contributed by atoms with E-state index in [0.717, 1.165) is 22.6 Å². The lowest BCUT2D eigenvalue weighted by Gasteiger charge is -2.19. The lowest BCUT2D eigenvalue weighted by molar-refractivity contribution is -0.138. The summed E-state index contributed by atoms with van der Waals surface area (Å²) in [6.07, 6.45) is 1.84. The van der Waals surface area contributed by atoms with Crippen molar-refractivity contribution >= 4 is 40.5 Å². The SMILES string of the molecule is O=C1C(Sc2ccccc2)=C(c2cccs2)C(=O)N1CC1CCCO1. The van der Waals surface area contributed by atoms with Crippen LogP contribution in [0.5, 0.6) is 0 Å². The summed E-state index contributed by atoms with van der Waals surface area (Å²) in [5.74, 6) is -0.417. The molecule has 2 amide bonds. The second-order valence-corrected chi connectivity index (χ2v) is 7.98. The first kappa shape index (κ1) is 16.6. The number of rotatable bonds is 5. The van der Waals surface area contributed by atoms with E-state index in [1.165, 1.54) is 28.0 Å². The van der Waals surface area contributed by atoms with Crippen LogP contribution in [0.15, 0.2) is 57.6 Å². The Morgan fingerprint density at radius 1 is 1.12 bits per heavy atom. The molecular weight excluding hydrogens is 354 g/mol. The fourth-order valence-corrected chi connectivity index (χ4v) is 4.91. The van der Waals surface area contributed by atoms with Crippen LogP contribution in [0.4, 0.5) is 0 Å². The molecule has 1 aromatic carbocycles. The summed E-state index contributed by atoms with van der Waals surface area (Å²) in [5.41, 5.74) is 0.520. The monoisotopic (exact) mass is 371 g/mol. The van der Waals surface area contributed by atoms with Crippen molar-refractivity contribution in [2.24, 2.45) is 0 Å². The number of benzene rings is 1. The summed E-state index contributed by atoms with van der Waals surface area (Å²) >= 11 is 2.85. The molecule has 0 N–H and O–H groups in total. The summed E-state index contributed by atoms with van der Waals surface area (Å²) in [6.45, 7) is 1.04. The molecule has 0 spiro atoms. The smallest absolute Gasteiger partial charge is 0.268 e. The maximum atomic E-state index is 13.0. The van der Waals surface area contributed by atoms with Crippen molar-refractivity contribution in [3.05, 3.63) is 57.6 Å². The number of carbonyl (C=O) groups excluding carboxylic acids is 2. The van der Waals surface area contributed by atoms with E-state index in [1.54, 1.807) is 0 Å². The molecule has 2 aliphatic heterocycles. The third-order valence-electron chi connectivity index (χ3n) is 4.27. The van der Waals surface area contributed by atoms with Crippen LogP contribution in [-0.2, 0) is 14.3 Å². The zero-order chi connectivity index (χ0) is 17.2. The number of hydrogen-bond donors (Lipinski definition) is 0. The van der Waals surface area contributed by atoms with E-state index in [0.29, 0.717) is 23.6 Å². The Labute approximate surface area is 154 Å². The molecule has 1 atom stereocenters. The Kier molecular flexibility index (Phi) is 4.74. The number of carbonyl (C=O) groups is 2.